The fraction of sp³-hybridized carbons (Fsp3) is 0. The van der Waals surface area contributed by atoms with Crippen molar-refractivity contribution in [3.05, 3.63) is 212 Å². The largest absolute Gasteiger partial charge is 0.453 e. The molecule has 57 heavy (non-hydrogen) atoms. The summed E-state index contributed by atoms with van der Waals surface area (Å²) in [4.78, 5) is 2.33. The standard InChI is InChI=1S/C54H35NOS/c1-3-13-36(14-4-1)40-17-9-18-41(35-40)37-27-31-42(32-28-37)55(43-33-29-39(30-34-43)44-20-12-26-51-52(44)48-19-7-8-25-50(48)57-51)49-24-11-23-47-46-22-10-21-45(53(46)56-54(47)49)38-15-5-2-6-16-38/h1-35H. The van der Waals surface area contributed by atoms with E-state index in [4.69, 9.17) is 4.42 Å². The zero-order chi connectivity index (χ0) is 37.7. The van der Waals surface area contributed by atoms with E-state index in [1.165, 1.54) is 48.0 Å². The quantitative estimate of drug-likeness (QED) is 0.162. The molecule has 0 fully saturated rings. The highest BCUT2D eigenvalue weighted by Crippen LogP contribution is 2.46. The Balaban J connectivity index is 1.06. The molecule has 268 valence electrons. The molecule has 0 aliphatic carbocycles. The number of rotatable bonds is 7. The molecular weight excluding hydrogens is 711 g/mol. The average molecular weight is 746 g/mol. The van der Waals surface area contributed by atoms with Crippen LogP contribution in [0.1, 0.15) is 0 Å². The van der Waals surface area contributed by atoms with Crippen LogP contribution in [0.4, 0.5) is 17.1 Å². The van der Waals surface area contributed by atoms with Crippen LogP contribution >= 0.6 is 11.3 Å². The lowest BCUT2D eigenvalue weighted by Crippen LogP contribution is -2.10. The molecule has 0 amide bonds. The topological polar surface area (TPSA) is 16.4 Å². The molecule has 0 aliphatic rings. The highest BCUT2D eigenvalue weighted by atomic mass is 32.1. The Kier molecular flexibility index (Phi) is 8.04. The van der Waals surface area contributed by atoms with Gasteiger partial charge in [0.1, 0.15) is 5.58 Å². The predicted octanol–water partition coefficient (Wildman–Crippen LogP) is 16.1. The molecule has 0 saturated heterocycles. The fourth-order valence-electron chi connectivity index (χ4n) is 8.37. The van der Waals surface area contributed by atoms with Gasteiger partial charge in [0.25, 0.3) is 0 Å². The van der Waals surface area contributed by atoms with Crippen molar-refractivity contribution in [1.29, 1.82) is 0 Å². The molecule has 2 aromatic heterocycles. The van der Waals surface area contributed by atoms with E-state index in [1.807, 2.05) is 11.3 Å². The van der Waals surface area contributed by atoms with Gasteiger partial charge in [0.05, 0.1) is 5.69 Å². The molecule has 0 aliphatic heterocycles. The van der Waals surface area contributed by atoms with Gasteiger partial charge in [-0.25, -0.2) is 0 Å². The Morgan fingerprint density at radius 1 is 0.333 bits per heavy atom. The zero-order valence-corrected chi connectivity index (χ0v) is 31.8. The minimum absolute atomic E-state index is 0.856. The molecule has 3 heteroatoms. The minimum atomic E-state index is 0.856. The summed E-state index contributed by atoms with van der Waals surface area (Å²) >= 11 is 1.86. The summed E-state index contributed by atoms with van der Waals surface area (Å²) in [5, 5.41) is 4.82. The first-order valence-corrected chi connectivity index (χ1v) is 20.1. The summed E-state index contributed by atoms with van der Waals surface area (Å²) in [6, 6.07) is 76.1. The van der Waals surface area contributed by atoms with Gasteiger partial charge >= 0.3 is 0 Å². The maximum Gasteiger partial charge on any atom is 0.159 e. The first-order chi connectivity index (χ1) is 28.3. The number of thiophene rings is 1. The predicted molar refractivity (Wildman–Crippen MR) is 243 cm³/mol. The number of hydrogen-bond donors (Lipinski definition) is 0. The second kappa shape index (κ2) is 13.8. The van der Waals surface area contributed by atoms with Gasteiger partial charge < -0.3 is 9.32 Å². The van der Waals surface area contributed by atoms with Gasteiger partial charge in [-0.05, 0) is 87.5 Å². The third kappa shape index (κ3) is 5.80. The van der Waals surface area contributed by atoms with Crippen LogP contribution in [0.15, 0.2) is 217 Å². The van der Waals surface area contributed by atoms with Crippen LogP contribution in [0.2, 0.25) is 0 Å². The van der Waals surface area contributed by atoms with Crippen LogP contribution in [-0.2, 0) is 0 Å². The number of benzene rings is 9. The lowest BCUT2D eigenvalue weighted by molar-refractivity contribution is 0.670. The maximum absolute atomic E-state index is 6.97. The van der Waals surface area contributed by atoms with Crippen molar-refractivity contribution in [2.75, 3.05) is 4.90 Å². The van der Waals surface area contributed by atoms with Crippen molar-refractivity contribution in [1.82, 2.24) is 0 Å². The molecule has 11 rings (SSSR count). The van der Waals surface area contributed by atoms with Gasteiger partial charge in [-0.2, -0.15) is 0 Å². The molecule has 0 N–H and O–H groups in total. The summed E-state index contributed by atoms with van der Waals surface area (Å²) in [6.45, 7) is 0. The molecule has 0 atom stereocenters. The SMILES string of the molecule is c1ccc(-c2cccc(-c3ccc(N(c4ccc(-c5cccc6sc7ccccc7c56)cc4)c4cccc5c4oc4c(-c6ccccc6)cccc45)cc3)c2)cc1. The third-order valence-corrected chi connectivity index (χ3v) is 12.2. The molecule has 11 aromatic rings. The van der Waals surface area contributed by atoms with Gasteiger partial charge in [-0.1, -0.05) is 164 Å². The van der Waals surface area contributed by atoms with E-state index < -0.39 is 0 Å². The number of furan rings is 1. The van der Waals surface area contributed by atoms with E-state index in [-0.39, 0.29) is 0 Å². The van der Waals surface area contributed by atoms with Crippen LogP contribution in [0.3, 0.4) is 0 Å². The summed E-state index contributed by atoms with van der Waals surface area (Å²) in [5.74, 6) is 0. The molecule has 0 bridgehead atoms. The minimum Gasteiger partial charge on any atom is -0.453 e. The molecule has 2 nitrogen and oxygen atoms in total. The van der Waals surface area contributed by atoms with Gasteiger partial charge in [-0.3, -0.25) is 0 Å². The van der Waals surface area contributed by atoms with Crippen LogP contribution in [0, 0.1) is 0 Å². The van der Waals surface area contributed by atoms with E-state index in [9.17, 15) is 0 Å². The first-order valence-electron chi connectivity index (χ1n) is 19.3. The number of hydrogen-bond acceptors (Lipinski definition) is 3. The first kappa shape index (κ1) is 33.2. The van der Waals surface area contributed by atoms with Crippen molar-refractivity contribution >= 4 is 70.5 Å². The maximum atomic E-state index is 6.97. The average Bonchev–Trinajstić information content (AvgIpc) is 3.87. The van der Waals surface area contributed by atoms with E-state index in [1.54, 1.807) is 0 Å². The van der Waals surface area contributed by atoms with E-state index in [2.05, 4.69) is 217 Å². The van der Waals surface area contributed by atoms with Crippen molar-refractivity contribution in [2.24, 2.45) is 0 Å². The van der Waals surface area contributed by atoms with Crippen LogP contribution in [-0.4, -0.2) is 0 Å². The lowest BCUT2D eigenvalue weighted by atomic mass is 9.98. The second-order valence-corrected chi connectivity index (χ2v) is 15.5. The van der Waals surface area contributed by atoms with Gasteiger partial charge in [-0.15, -0.1) is 11.3 Å². The summed E-state index contributed by atoms with van der Waals surface area (Å²) in [7, 11) is 0. The number of anilines is 3. The number of para-hydroxylation sites is 2. The number of nitrogens with zero attached hydrogens (tertiary/aromatic N) is 1. The van der Waals surface area contributed by atoms with Crippen LogP contribution < -0.4 is 4.90 Å². The highest BCUT2D eigenvalue weighted by molar-refractivity contribution is 7.25. The Labute approximate surface area is 335 Å². The van der Waals surface area contributed by atoms with Crippen LogP contribution in [0.25, 0.3) is 86.6 Å². The van der Waals surface area contributed by atoms with Gasteiger partial charge in [0.2, 0.25) is 0 Å². The highest BCUT2D eigenvalue weighted by Gasteiger charge is 2.21. The molecule has 0 saturated carbocycles. The smallest absolute Gasteiger partial charge is 0.159 e. The van der Waals surface area contributed by atoms with E-state index >= 15 is 0 Å². The zero-order valence-electron chi connectivity index (χ0n) is 31.0. The Hall–Kier alpha value is -7.20. The molecule has 2 heterocycles. The van der Waals surface area contributed by atoms with Crippen molar-refractivity contribution in [3.8, 4) is 44.5 Å². The van der Waals surface area contributed by atoms with Crippen LogP contribution in [0.5, 0.6) is 0 Å². The van der Waals surface area contributed by atoms with E-state index in [0.717, 1.165) is 55.7 Å². The summed E-state index contributed by atoms with van der Waals surface area (Å²) in [5.41, 5.74) is 14.3. The van der Waals surface area contributed by atoms with Gasteiger partial charge in [0, 0.05) is 47.9 Å². The molecule has 9 aromatic carbocycles. The Morgan fingerprint density at radius 2 is 0.825 bits per heavy atom. The normalized spacial score (nSPS) is 11.5. The molecule has 0 unspecified atom stereocenters. The van der Waals surface area contributed by atoms with Crippen molar-refractivity contribution in [2.45, 2.75) is 0 Å². The Morgan fingerprint density at radius 3 is 1.56 bits per heavy atom. The monoisotopic (exact) mass is 745 g/mol. The Bertz CT molecular complexity index is 3210. The molecule has 0 spiro atoms. The van der Waals surface area contributed by atoms with E-state index in [0.29, 0.717) is 0 Å². The molecular formula is C54H35NOS. The molecule has 0 radical (unpaired) electrons. The summed E-state index contributed by atoms with van der Waals surface area (Å²) in [6.07, 6.45) is 0. The van der Waals surface area contributed by atoms with Gasteiger partial charge in [0.15, 0.2) is 5.58 Å². The van der Waals surface area contributed by atoms with Crippen molar-refractivity contribution < 1.29 is 4.42 Å². The fourth-order valence-corrected chi connectivity index (χ4v) is 9.50. The lowest BCUT2D eigenvalue weighted by Gasteiger charge is -2.26. The third-order valence-electron chi connectivity index (χ3n) is 11.1. The van der Waals surface area contributed by atoms with Crippen molar-refractivity contribution in [3.63, 3.8) is 0 Å². The second-order valence-electron chi connectivity index (χ2n) is 14.5. The number of fused-ring (bicyclic) bond motifs is 6. The summed E-state index contributed by atoms with van der Waals surface area (Å²) < 4.78 is 9.59.